The molecule has 2 heterocycles. The quantitative estimate of drug-likeness (QED) is 0.457. The van der Waals surface area contributed by atoms with Gasteiger partial charge in [-0.3, -0.25) is 9.36 Å². The van der Waals surface area contributed by atoms with E-state index in [1.165, 1.54) is 11.8 Å². The number of nitrogens with one attached hydrogen (secondary N) is 2. The highest BCUT2D eigenvalue weighted by Gasteiger charge is 2.19. The molecule has 7 nitrogen and oxygen atoms in total. The van der Waals surface area contributed by atoms with Crippen LogP contribution in [0.3, 0.4) is 0 Å². The fraction of sp³-hybridized carbons (Fsp3) is 0.190. The normalized spacial score (nSPS) is 11.0. The maximum Gasteiger partial charge on any atom is 0.230 e. The van der Waals surface area contributed by atoms with Crippen LogP contribution in [0.4, 0.5) is 0 Å². The van der Waals surface area contributed by atoms with Gasteiger partial charge in [0, 0.05) is 35.4 Å². The predicted octanol–water partition coefficient (Wildman–Crippen LogP) is 3.65. The van der Waals surface area contributed by atoms with Gasteiger partial charge < -0.3 is 15.0 Å². The van der Waals surface area contributed by atoms with Crippen molar-refractivity contribution in [2.45, 2.75) is 12.1 Å². The monoisotopic (exact) mass is 407 g/mol. The van der Waals surface area contributed by atoms with Crippen LogP contribution in [0, 0.1) is 0 Å². The van der Waals surface area contributed by atoms with Gasteiger partial charge in [0.05, 0.1) is 12.4 Å². The smallest absolute Gasteiger partial charge is 0.230 e. The first kappa shape index (κ1) is 19.1. The third-order valence-electron chi connectivity index (χ3n) is 4.48. The number of thioether (sulfide) groups is 1. The van der Waals surface area contributed by atoms with Gasteiger partial charge in [-0.1, -0.05) is 30.0 Å². The Morgan fingerprint density at radius 1 is 1.17 bits per heavy atom. The molecule has 0 radical (unpaired) electrons. The highest BCUT2D eigenvalue weighted by Crippen LogP contribution is 2.32. The first-order valence-electron chi connectivity index (χ1n) is 9.29. The van der Waals surface area contributed by atoms with Crippen molar-refractivity contribution in [3.8, 4) is 22.8 Å². The summed E-state index contributed by atoms with van der Waals surface area (Å²) in [6.07, 6.45) is 1.94. The number of para-hydroxylation sites is 1. The molecule has 2 aromatic heterocycles. The minimum Gasteiger partial charge on any atom is -0.494 e. The summed E-state index contributed by atoms with van der Waals surface area (Å²) in [4.78, 5) is 15.0. The van der Waals surface area contributed by atoms with Gasteiger partial charge in [0.15, 0.2) is 11.0 Å². The summed E-state index contributed by atoms with van der Waals surface area (Å²) in [7, 11) is 1.62. The van der Waals surface area contributed by atoms with Crippen molar-refractivity contribution in [2.24, 2.45) is 0 Å². The van der Waals surface area contributed by atoms with Crippen LogP contribution in [0.1, 0.15) is 6.92 Å². The largest absolute Gasteiger partial charge is 0.494 e. The van der Waals surface area contributed by atoms with Crippen molar-refractivity contribution in [3.05, 3.63) is 54.7 Å². The third kappa shape index (κ3) is 3.84. The molecule has 2 aromatic carbocycles. The second-order valence-electron chi connectivity index (χ2n) is 6.28. The Labute approximate surface area is 172 Å². The van der Waals surface area contributed by atoms with Crippen LogP contribution in [0.2, 0.25) is 0 Å². The summed E-state index contributed by atoms with van der Waals surface area (Å²) in [6, 6.07) is 15.8. The van der Waals surface area contributed by atoms with Gasteiger partial charge in [0.2, 0.25) is 5.91 Å². The van der Waals surface area contributed by atoms with Crippen LogP contribution < -0.4 is 10.1 Å². The fourth-order valence-electron chi connectivity index (χ4n) is 3.09. The summed E-state index contributed by atoms with van der Waals surface area (Å²) >= 11 is 1.35. The number of aromatic amines is 1. The van der Waals surface area contributed by atoms with Gasteiger partial charge in [-0.2, -0.15) is 0 Å². The number of hydrogen-bond acceptors (Lipinski definition) is 5. The lowest BCUT2D eigenvalue weighted by molar-refractivity contribution is -0.118. The van der Waals surface area contributed by atoms with E-state index in [2.05, 4.69) is 26.6 Å². The molecule has 0 spiro atoms. The number of hydrogen-bond donors (Lipinski definition) is 2. The number of benzene rings is 2. The van der Waals surface area contributed by atoms with Crippen molar-refractivity contribution in [1.29, 1.82) is 0 Å². The maximum absolute atomic E-state index is 11.7. The van der Waals surface area contributed by atoms with Crippen molar-refractivity contribution >= 4 is 28.6 Å². The Bertz CT molecular complexity index is 1130. The second kappa shape index (κ2) is 8.40. The molecule has 29 heavy (non-hydrogen) atoms. The third-order valence-corrected chi connectivity index (χ3v) is 5.41. The molecule has 4 aromatic rings. The lowest BCUT2D eigenvalue weighted by Gasteiger charge is -2.11. The zero-order valence-electron chi connectivity index (χ0n) is 16.2. The average Bonchev–Trinajstić information content (AvgIpc) is 3.36. The Morgan fingerprint density at radius 2 is 1.97 bits per heavy atom. The predicted molar refractivity (Wildman–Crippen MR) is 115 cm³/mol. The molecule has 0 unspecified atom stereocenters. The van der Waals surface area contributed by atoms with E-state index in [-0.39, 0.29) is 11.7 Å². The minimum absolute atomic E-state index is 0.0649. The minimum atomic E-state index is -0.0649. The molecule has 148 valence electrons. The van der Waals surface area contributed by atoms with Crippen molar-refractivity contribution in [2.75, 3.05) is 19.4 Å². The molecule has 0 aliphatic heterocycles. The highest BCUT2D eigenvalue weighted by atomic mass is 32.2. The van der Waals surface area contributed by atoms with E-state index in [1.54, 1.807) is 7.05 Å². The van der Waals surface area contributed by atoms with E-state index in [0.29, 0.717) is 17.6 Å². The molecule has 1 amide bonds. The topological polar surface area (TPSA) is 84.8 Å². The highest BCUT2D eigenvalue weighted by molar-refractivity contribution is 7.99. The summed E-state index contributed by atoms with van der Waals surface area (Å²) in [6.45, 7) is 2.57. The zero-order chi connectivity index (χ0) is 20.2. The Hall–Kier alpha value is -3.26. The van der Waals surface area contributed by atoms with Gasteiger partial charge in [-0.25, -0.2) is 0 Å². The molecule has 0 aliphatic rings. The van der Waals surface area contributed by atoms with E-state index in [0.717, 1.165) is 27.9 Å². The number of H-pyrrole nitrogens is 1. The number of carbonyl (C=O) groups is 1. The Morgan fingerprint density at radius 3 is 2.72 bits per heavy atom. The maximum atomic E-state index is 11.7. The van der Waals surface area contributed by atoms with Crippen LogP contribution in [0.25, 0.3) is 28.0 Å². The Balaban J connectivity index is 1.81. The lowest BCUT2D eigenvalue weighted by atomic mass is 10.1. The number of carbonyl (C=O) groups excluding carboxylic acids is 1. The van der Waals surface area contributed by atoms with E-state index < -0.39 is 0 Å². The average molecular weight is 407 g/mol. The van der Waals surface area contributed by atoms with E-state index in [1.807, 2.05) is 60.2 Å². The van der Waals surface area contributed by atoms with Crippen molar-refractivity contribution in [1.82, 2.24) is 25.1 Å². The van der Waals surface area contributed by atoms with Crippen LogP contribution in [-0.4, -0.2) is 45.1 Å². The molecule has 0 fully saturated rings. The van der Waals surface area contributed by atoms with Gasteiger partial charge in [0.25, 0.3) is 0 Å². The van der Waals surface area contributed by atoms with Gasteiger partial charge in [-0.05, 0) is 37.3 Å². The number of ether oxygens (including phenoxy) is 1. The van der Waals surface area contributed by atoms with E-state index in [9.17, 15) is 4.79 Å². The van der Waals surface area contributed by atoms with Crippen molar-refractivity contribution < 1.29 is 9.53 Å². The summed E-state index contributed by atoms with van der Waals surface area (Å²) in [5.74, 6) is 1.72. The molecular formula is C21H21N5O2S. The lowest BCUT2D eigenvalue weighted by Crippen LogP contribution is -2.20. The second-order valence-corrected chi connectivity index (χ2v) is 7.22. The van der Waals surface area contributed by atoms with Crippen LogP contribution >= 0.6 is 11.8 Å². The summed E-state index contributed by atoms with van der Waals surface area (Å²) in [5.41, 5.74) is 2.88. The molecule has 0 saturated carbocycles. The fourth-order valence-corrected chi connectivity index (χ4v) is 3.91. The van der Waals surface area contributed by atoms with Crippen LogP contribution in [-0.2, 0) is 4.79 Å². The number of nitrogens with zero attached hydrogens (tertiary/aromatic N) is 3. The van der Waals surface area contributed by atoms with Crippen LogP contribution in [0.5, 0.6) is 5.75 Å². The van der Waals surface area contributed by atoms with Crippen molar-refractivity contribution in [3.63, 3.8) is 0 Å². The molecule has 0 aliphatic carbocycles. The first-order chi connectivity index (χ1) is 14.2. The number of rotatable bonds is 7. The SMILES string of the molecule is CCOc1ccc(-n2c(SCC(=O)NC)nnc2-c2c[nH]c3ccccc23)cc1. The molecule has 8 heteroatoms. The molecule has 2 N–H and O–H groups in total. The van der Waals surface area contributed by atoms with E-state index in [4.69, 9.17) is 4.74 Å². The van der Waals surface area contributed by atoms with Gasteiger partial charge in [-0.15, -0.1) is 10.2 Å². The Kier molecular flexibility index (Phi) is 5.53. The van der Waals surface area contributed by atoms with Crippen LogP contribution in [0.15, 0.2) is 59.9 Å². The first-order valence-corrected chi connectivity index (χ1v) is 10.3. The molecule has 0 bridgehead atoms. The number of fused-ring (bicyclic) bond motifs is 1. The van der Waals surface area contributed by atoms with Gasteiger partial charge in [0.1, 0.15) is 5.75 Å². The van der Waals surface area contributed by atoms with E-state index >= 15 is 0 Å². The zero-order valence-corrected chi connectivity index (χ0v) is 17.0. The molecule has 4 rings (SSSR count). The molecular weight excluding hydrogens is 386 g/mol. The number of aromatic nitrogens is 4. The summed E-state index contributed by atoms with van der Waals surface area (Å²) in [5, 5.41) is 13.2. The standard InChI is InChI=1S/C21H21N5O2S/c1-3-28-15-10-8-14(9-11-15)26-20(24-25-21(26)29-13-19(27)22-2)17-12-23-18-7-5-4-6-16(17)18/h4-12,23H,3,13H2,1-2H3,(H,22,27). The molecule has 0 atom stereocenters. The number of amides is 1. The summed E-state index contributed by atoms with van der Waals surface area (Å²) < 4.78 is 7.53. The van der Waals surface area contributed by atoms with Gasteiger partial charge >= 0.3 is 0 Å². The molecule has 0 saturated heterocycles.